The molecule has 0 saturated carbocycles. The van der Waals surface area contributed by atoms with Crippen LogP contribution in [0, 0.1) is 5.92 Å². The monoisotopic (exact) mass is 260 g/mol. The van der Waals surface area contributed by atoms with Gasteiger partial charge in [0.1, 0.15) is 12.8 Å². The fourth-order valence-corrected chi connectivity index (χ4v) is 1.60. The minimum atomic E-state index is -0.939. The number of methoxy groups -OCH3 is 1. The van der Waals surface area contributed by atoms with Gasteiger partial charge >= 0.3 is 5.97 Å². The van der Waals surface area contributed by atoms with Gasteiger partial charge in [-0.1, -0.05) is 20.8 Å². The number of nitrogens with one attached hydrogen (secondary N) is 2. The summed E-state index contributed by atoms with van der Waals surface area (Å²) in [6.07, 6.45) is 1.01. The minimum Gasteiger partial charge on any atom is -0.480 e. The van der Waals surface area contributed by atoms with Crippen LogP contribution in [0.4, 0.5) is 0 Å². The third-order valence-electron chi connectivity index (χ3n) is 2.52. The zero-order valence-corrected chi connectivity index (χ0v) is 11.5. The van der Waals surface area contributed by atoms with Crippen LogP contribution in [0.15, 0.2) is 0 Å². The molecule has 3 N–H and O–H groups in total. The van der Waals surface area contributed by atoms with Gasteiger partial charge in [0.15, 0.2) is 0 Å². The van der Waals surface area contributed by atoms with Crippen molar-refractivity contribution < 1.29 is 19.4 Å². The average Bonchev–Trinajstić information content (AvgIpc) is 2.30. The molecule has 0 radical (unpaired) electrons. The van der Waals surface area contributed by atoms with Crippen molar-refractivity contribution in [1.29, 1.82) is 0 Å². The molecule has 0 aromatic rings. The zero-order valence-electron chi connectivity index (χ0n) is 11.5. The molecule has 0 spiro atoms. The number of rotatable bonds is 9. The summed E-state index contributed by atoms with van der Waals surface area (Å²) in [5.74, 6) is -0.877. The van der Waals surface area contributed by atoms with E-state index in [-0.39, 0.29) is 12.6 Å². The molecule has 0 saturated heterocycles. The fraction of sp³-hybridized carbons (Fsp3) is 0.833. The second-order valence-corrected chi connectivity index (χ2v) is 4.62. The van der Waals surface area contributed by atoms with Crippen molar-refractivity contribution in [2.45, 2.75) is 45.7 Å². The Balaban J connectivity index is 4.55. The lowest BCUT2D eigenvalue weighted by molar-refractivity contribution is -0.140. The molecule has 0 fully saturated rings. The van der Waals surface area contributed by atoms with Crippen molar-refractivity contribution in [1.82, 2.24) is 10.6 Å². The topological polar surface area (TPSA) is 87.7 Å². The largest absolute Gasteiger partial charge is 0.480 e. The quantitative estimate of drug-likeness (QED) is 0.528. The highest BCUT2D eigenvalue weighted by Gasteiger charge is 2.25. The summed E-state index contributed by atoms with van der Waals surface area (Å²) in [6, 6.07) is -1.22. The third-order valence-corrected chi connectivity index (χ3v) is 2.52. The molecule has 106 valence electrons. The number of carboxylic acid groups (broad SMARTS) is 1. The van der Waals surface area contributed by atoms with Crippen molar-refractivity contribution >= 4 is 11.9 Å². The van der Waals surface area contributed by atoms with Gasteiger partial charge in [0.05, 0.1) is 6.04 Å². The number of hydrogen-bond donors (Lipinski definition) is 3. The first-order valence-corrected chi connectivity index (χ1v) is 6.17. The Hall–Kier alpha value is -1.14. The van der Waals surface area contributed by atoms with E-state index in [1.165, 1.54) is 7.11 Å². The lowest BCUT2D eigenvalue weighted by atomic mass is 10.0. The van der Waals surface area contributed by atoms with Gasteiger partial charge < -0.3 is 15.2 Å². The van der Waals surface area contributed by atoms with Gasteiger partial charge in [0, 0.05) is 7.11 Å². The van der Waals surface area contributed by atoms with Crippen LogP contribution in [0.3, 0.4) is 0 Å². The molecule has 0 rings (SSSR count). The van der Waals surface area contributed by atoms with Crippen LogP contribution in [0.5, 0.6) is 0 Å². The predicted octanol–water partition coefficient (Wildman–Crippen LogP) is 0.574. The first kappa shape index (κ1) is 16.9. The highest BCUT2D eigenvalue weighted by atomic mass is 16.5. The summed E-state index contributed by atoms with van der Waals surface area (Å²) in [5.41, 5.74) is 0. The number of carbonyl (C=O) groups is 2. The third kappa shape index (κ3) is 6.56. The van der Waals surface area contributed by atoms with Gasteiger partial charge in [-0.15, -0.1) is 0 Å². The number of ether oxygens (including phenoxy) is 1. The fourth-order valence-electron chi connectivity index (χ4n) is 1.60. The van der Waals surface area contributed by atoms with Crippen molar-refractivity contribution in [3.63, 3.8) is 0 Å². The lowest BCUT2D eigenvalue weighted by Crippen LogP contribution is -2.51. The van der Waals surface area contributed by atoms with E-state index in [2.05, 4.69) is 10.6 Å². The molecule has 2 atom stereocenters. The van der Waals surface area contributed by atoms with E-state index in [0.29, 0.717) is 18.8 Å². The molecule has 0 aliphatic carbocycles. The first-order chi connectivity index (χ1) is 8.42. The number of amides is 1. The Labute approximate surface area is 108 Å². The average molecular weight is 260 g/mol. The van der Waals surface area contributed by atoms with E-state index in [1.807, 2.05) is 13.8 Å². The standard InChI is InChI=1S/C12H24N2O4/c1-5-9(12(16)17)14-10(6-8(2)3)11(15)13-7-18-4/h8-10,14H,5-7H2,1-4H3,(H,13,15)(H,16,17). The predicted molar refractivity (Wildman–Crippen MR) is 68.1 cm³/mol. The Morgan fingerprint density at radius 2 is 1.89 bits per heavy atom. The van der Waals surface area contributed by atoms with E-state index >= 15 is 0 Å². The molecule has 6 heteroatoms. The molecule has 6 nitrogen and oxygen atoms in total. The number of hydrogen-bond acceptors (Lipinski definition) is 4. The summed E-state index contributed by atoms with van der Waals surface area (Å²) in [4.78, 5) is 22.8. The molecule has 0 aromatic carbocycles. The SMILES string of the molecule is CCC(NC(CC(C)C)C(=O)NCOC)C(=O)O. The van der Waals surface area contributed by atoms with E-state index in [4.69, 9.17) is 9.84 Å². The van der Waals surface area contributed by atoms with Crippen LogP contribution in [-0.2, 0) is 14.3 Å². The van der Waals surface area contributed by atoms with E-state index in [9.17, 15) is 9.59 Å². The molecule has 0 aliphatic heterocycles. The molecule has 18 heavy (non-hydrogen) atoms. The molecular formula is C12H24N2O4. The summed E-state index contributed by atoms with van der Waals surface area (Å²) in [6.45, 7) is 5.87. The van der Waals surface area contributed by atoms with Crippen LogP contribution in [0.2, 0.25) is 0 Å². The minimum absolute atomic E-state index is 0.124. The van der Waals surface area contributed by atoms with Crippen molar-refractivity contribution in [3.05, 3.63) is 0 Å². The molecule has 2 unspecified atom stereocenters. The summed E-state index contributed by atoms with van der Waals surface area (Å²) in [5, 5.41) is 14.5. The Kier molecular flexibility index (Phi) is 8.32. The maximum Gasteiger partial charge on any atom is 0.320 e. The van der Waals surface area contributed by atoms with Gasteiger partial charge in [-0.05, 0) is 18.8 Å². The molecule has 0 heterocycles. The normalized spacial score (nSPS) is 14.3. The maximum absolute atomic E-state index is 11.9. The van der Waals surface area contributed by atoms with Crippen molar-refractivity contribution in [2.75, 3.05) is 13.8 Å². The van der Waals surface area contributed by atoms with Gasteiger partial charge in [-0.3, -0.25) is 14.9 Å². The Morgan fingerprint density at radius 3 is 2.28 bits per heavy atom. The summed E-state index contributed by atoms with van der Waals surface area (Å²) >= 11 is 0. The summed E-state index contributed by atoms with van der Waals surface area (Å²) in [7, 11) is 1.48. The van der Waals surface area contributed by atoms with Crippen LogP contribution in [0.1, 0.15) is 33.6 Å². The summed E-state index contributed by atoms with van der Waals surface area (Å²) < 4.78 is 4.77. The number of carboxylic acids is 1. The van der Waals surface area contributed by atoms with Gasteiger partial charge in [0.25, 0.3) is 0 Å². The smallest absolute Gasteiger partial charge is 0.320 e. The number of carbonyl (C=O) groups excluding carboxylic acids is 1. The van der Waals surface area contributed by atoms with Gasteiger partial charge in [-0.25, -0.2) is 0 Å². The van der Waals surface area contributed by atoms with Crippen LogP contribution >= 0.6 is 0 Å². The Bertz CT molecular complexity index is 269. The highest BCUT2D eigenvalue weighted by Crippen LogP contribution is 2.07. The van der Waals surface area contributed by atoms with E-state index < -0.39 is 18.1 Å². The van der Waals surface area contributed by atoms with E-state index in [1.54, 1.807) is 6.92 Å². The van der Waals surface area contributed by atoms with E-state index in [0.717, 1.165) is 0 Å². The second kappa shape index (κ2) is 8.88. The molecule has 0 aromatic heterocycles. The molecule has 1 amide bonds. The first-order valence-electron chi connectivity index (χ1n) is 6.17. The molecule has 0 bridgehead atoms. The van der Waals surface area contributed by atoms with Gasteiger partial charge in [0.2, 0.25) is 5.91 Å². The van der Waals surface area contributed by atoms with Crippen molar-refractivity contribution in [2.24, 2.45) is 5.92 Å². The zero-order chi connectivity index (χ0) is 14.1. The van der Waals surface area contributed by atoms with Crippen LogP contribution in [-0.4, -0.2) is 42.9 Å². The van der Waals surface area contributed by atoms with Crippen LogP contribution in [0.25, 0.3) is 0 Å². The highest BCUT2D eigenvalue weighted by molar-refractivity contribution is 5.83. The Morgan fingerprint density at radius 1 is 1.28 bits per heavy atom. The second-order valence-electron chi connectivity index (χ2n) is 4.62. The molecular weight excluding hydrogens is 236 g/mol. The van der Waals surface area contributed by atoms with Crippen molar-refractivity contribution in [3.8, 4) is 0 Å². The van der Waals surface area contributed by atoms with Crippen LogP contribution < -0.4 is 10.6 Å². The number of aliphatic carboxylic acids is 1. The maximum atomic E-state index is 11.9. The lowest BCUT2D eigenvalue weighted by Gasteiger charge is -2.23. The molecule has 0 aliphatic rings. The van der Waals surface area contributed by atoms with Gasteiger partial charge in [-0.2, -0.15) is 0 Å².